The van der Waals surface area contributed by atoms with Crippen molar-refractivity contribution in [1.82, 2.24) is 15.4 Å². The number of rotatable bonds is 6. The number of nitrogens with zero attached hydrogens (tertiary/aromatic N) is 2. The van der Waals surface area contributed by atoms with E-state index in [9.17, 15) is 9.59 Å². The van der Waals surface area contributed by atoms with Gasteiger partial charge in [-0.15, -0.1) is 0 Å². The first-order valence-electron chi connectivity index (χ1n) is 9.13. The lowest BCUT2D eigenvalue weighted by molar-refractivity contribution is -0.133. The molecular formula is C18H27N3O3. The number of amides is 2. The molecular weight excluding hydrogens is 306 g/mol. The SMILES string of the molecule is CCCCC(=O)N1CC[C@@H](NC(=O)c2cc(C3CC3)on2)[C@@H](C)C1. The lowest BCUT2D eigenvalue weighted by Crippen LogP contribution is -2.51. The highest BCUT2D eigenvalue weighted by atomic mass is 16.5. The molecule has 2 aliphatic rings. The summed E-state index contributed by atoms with van der Waals surface area (Å²) in [5, 5.41) is 6.95. The maximum atomic E-state index is 12.4. The van der Waals surface area contributed by atoms with Crippen molar-refractivity contribution < 1.29 is 14.1 Å². The van der Waals surface area contributed by atoms with E-state index >= 15 is 0 Å². The quantitative estimate of drug-likeness (QED) is 0.868. The smallest absolute Gasteiger partial charge is 0.273 e. The van der Waals surface area contributed by atoms with Gasteiger partial charge in [0.15, 0.2) is 5.69 Å². The van der Waals surface area contributed by atoms with Crippen LogP contribution in [0.4, 0.5) is 0 Å². The number of carbonyl (C=O) groups excluding carboxylic acids is 2. The molecule has 6 heteroatoms. The predicted molar refractivity (Wildman–Crippen MR) is 89.6 cm³/mol. The lowest BCUT2D eigenvalue weighted by Gasteiger charge is -2.37. The Bertz CT molecular complexity index is 594. The van der Waals surface area contributed by atoms with Gasteiger partial charge in [0.2, 0.25) is 5.91 Å². The minimum atomic E-state index is -0.173. The van der Waals surface area contributed by atoms with Crippen LogP contribution in [0, 0.1) is 5.92 Å². The Balaban J connectivity index is 1.50. The van der Waals surface area contributed by atoms with Crippen molar-refractivity contribution >= 4 is 11.8 Å². The molecule has 1 N–H and O–H groups in total. The maximum absolute atomic E-state index is 12.4. The van der Waals surface area contributed by atoms with E-state index in [1.807, 2.05) is 4.90 Å². The molecule has 1 aliphatic heterocycles. The topological polar surface area (TPSA) is 75.4 Å². The van der Waals surface area contributed by atoms with E-state index in [1.54, 1.807) is 6.07 Å². The third-order valence-electron chi connectivity index (χ3n) is 5.06. The molecule has 1 aliphatic carbocycles. The van der Waals surface area contributed by atoms with Gasteiger partial charge in [-0.05, 0) is 31.6 Å². The van der Waals surface area contributed by atoms with Crippen LogP contribution in [0.1, 0.15) is 74.5 Å². The third kappa shape index (κ3) is 3.97. The van der Waals surface area contributed by atoms with E-state index in [4.69, 9.17) is 4.52 Å². The van der Waals surface area contributed by atoms with Gasteiger partial charge in [-0.1, -0.05) is 25.4 Å². The van der Waals surface area contributed by atoms with Crippen molar-refractivity contribution in [2.45, 2.75) is 64.3 Å². The van der Waals surface area contributed by atoms with Gasteiger partial charge in [-0.3, -0.25) is 9.59 Å². The van der Waals surface area contributed by atoms with Gasteiger partial charge in [0.1, 0.15) is 5.76 Å². The summed E-state index contributed by atoms with van der Waals surface area (Å²) in [5.74, 6) is 1.58. The zero-order valence-corrected chi connectivity index (χ0v) is 14.6. The van der Waals surface area contributed by atoms with E-state index in [-0.39, 0.29) is 23.8 Å². The van der Waals surface area contributed by atoms with Crippen LogP contribution in [0.15, 0.2) is 10.6 Å². The number of unbranched alkanes of at least 4 members (excludes halogenated alkanes) is 1. The molecule has 2 heterocycles. The number of hydrogen-bond donors (Lipinski definition) is 1. The predicted octanol–water partition coefficient (Wildman–Crippen LogP) is 2.71. The van der Waals surface area contributed by atoms with Gasteiger partial charge in [0.05, 0.1) is 0 Å². The Morgan fingerprint density at radius 2 is 2.17 bits per heavy atom. The van der Waals surface area contributed by atoms with Crippen LogP contribution in [-0.4, -0.2) is 41.0 Å². The normalized spacial score (nSPS) is 24.0. The van der Waals surface area contributed by atoms with Crippen LogP contribution >= 0.6 is 0 Å². The zero-order chi connectivity index (χ0) is 17.1. The van der Waals surface area contributed by atoms with Crippen molar-refractivity contribution in [3.05, 3.63) is 17.5 Å². The van der Waals surface area contributed by atoms with Crippen LogP contribution in [0.3, 0.4) is 0 Å². The van der Waals surface area contributed by atoms with Crippen molar-refractivity contribution in [1.29, 1.82) is 0 Å². The van der Waals surface area contributed by atoms with Crippen molar-refractivity contribution in [2.24, 2.45) is 5.92 Å². The van der Waals surface area contributed by atoms with Crippen LogP contribution in [0.5, 0.6) is 0 Å². The molecule has 2 amide bonds. The minimum Gasteiger partial charge on any atom is -0.360 e. The fourth-order valence-corrected chi connectivity index (χ4v) is 3.27. The van der Waals surface area contributed by atoms with Crippen molar-refractivity contribution in [3.8, 4) is 0 Å². The largest absolute Gasteiger partial charge is 0.360 e. The Morgan fingerprint density at radius 3 is 2.83 bits per heavy atom. The van der Waals surface area contributed by atoms with Gasteiger partial charge >= 0.3 is 0 Å². The average Bonchev–Trinajstić information content (AvgIpc) is 3.31. The molecule has 0 radical (unpaired) electrons. The highest BCUT2D eigenvalue weighted by Crippen LogP contribution is 2.40. The third-order valence-corrected chi connectivity index (χ3v) is 5.06. The molecule has 0 unspecified atom stereocenters. The number of nitrogens with one attached hydrogen (secondary N) is 1. The Hall–Kier alpha value is -1.85. The highest BCUT2D eigenvalue weighted by molar-refractivity contribution is 5.92. The molecule has 0 aromatic carbocycles. The molecule has 132 valence electrons. The average molecular weight is 333 g/mol. The van der Waals surface area contributed by atoms with E-state index in [1.165, 1.54) is 0 Å². The second kappa shape index (κ2) is 7.36. The number of hydrogen-bond acceptors (Lipinski definition) is 4. The summed E-state index contributed by atoms with van der Waals surface area (Å²) in [7, 11) is 0. The Kier molecular flexibility index (Phi) is 5.21. The molecule has 0 spiro atoms. The first-order valence-corrected chi connectivity index (χ1v) is 9.13. The van der Waals surface area contributed by atoms with Crippen LogP contribution in [-0.2, 0) is 4.79 Å². The molecule has 3 rings (SSSR count). The summed E-state index contributed by atoms with van der Waals surface area (Å²) in [5.41, 5.74) is 0.366. The lowest BCUT2D eigenvalue weighted by atomic mass is 9.93. The molecule has 1 saturated heterocycles. The van der Waals surface area contributed by atoms with Gasteiger partial charge in [0, 0.05) is 37.5 Å². The molecule has 24 heavy (non-hydrogen) atoms. The van der Waals surface area contributed by atoms with Crippen molar-refractivity contribution in [3.63, 3.8) is 0 Å². The van der Waals surface area contributed by atoms with E-state index < -0.39 is 0 Å². The molecule has 2 fully saturated rings. The van der Waals surface area contributed by atoms with Crippen LogP contribution < -0.4 is 5.32 Å². The summed E-state index contributed by atoms with van der Waals surface area (Å²) in [6, 6.07) is 1.84. The standard InChI is InChI=1S/C18H27N3O3/c1-3-4-5-17(22)21-9-8-14(12(2)11-21)19-18(23)15-10-16(24-20-15)13-6-7-13/h10,12-14H,3-9,11H2,1-2H3,(H,19,23)/t12-,14+/m0/s1. The maximum Gasteiger partial charge on any atom is 0.273 e. The van der Waals surface area contributed by atoms with Gasteiger partial charge in [-0.2, -0.15) is 0 Å². The van der Waals surface area contributed by atoms with Crippen molar-refractivity contribution in [2.75, 3.05) is 13.1 Å². The molecule has 1 aromatic rings. The van der Waals surface area contributed by atoms with Gasteiger partial charge in [-0.25, -0.2) is 0 Å². The molecule has 1 saturated carbocycles. The Labute approximate surface area is 142 Å². The fraction of sp³-hybridized carbons (Fsp3) is 0.722. The number of piperidine rings is 1. The second-order valence-electron chi connectivity index (χ2n) is 7.18. The number of carbonyl (C=O) groups is 2. The summed E-state index contributed by atoms with van der Waals surface area (Å²) < 4.78 is 5.25. The van der Waals surface area contributed by atoms with Gasteiger partial charge < -0.3 is 14.7 Å². The minimum absolute atomic E-state index is 0.0776. The monoisotopic (exact) mass is 333 g/mol. The van der Waals surface area contributed by atoms with E-state index in [0.717, 1.165) is 37.9 Å². The van der Waals surface area contributed by atoms with Crippen LogP contribution in [0.2, 0.25) is 0 Å². The molecule has 2 atom stereocenters. The summed E-state index contributed by atoms with van der Waals surface area (Å²) in [6.07, 6.45) is 5.64. The summed E-state index contributed by atoms with van der Waals surface area (Å²) >= 11 is 0. The molecule has 1 aromatic heterocycles. The second-order valence-corrected chi connectivity index (χ2v) is 7.18. The summed E-state index contributed by atoms with van der Waals surface area (Å²) in [6.45, 7) is 5.60. The van der Waals surface area contributed by atoms with E-state index in [2.05, 4.69) is 24.3 Å². The molecule has 0 bridgehead atoms. The first kappa shape index (κ1) is 17.0. The number of likely N-dealkylation sites (tertiary alicyclic amines) is 1. The zero-order valence-electron chi connectivity index (χ0n) is 14.6. The first-order chi connectivity index (χ1) is 11.6. The van der Waals surface area contributed by atoms with Crippen LogP contribution in [0.25, 0.3) is 0 Å². The molecule has 6 nitrogen and oxygen atoms in total. The highest BCUT2D eigenvalue weighted by Gasteiger charge is 2.32. The van der Waals surface area contributed by atoms with E-state index in [0.29, 0.717) is 31.1 Å². The number of aromatic nitrogens is 1. The summed E-state index contributed by atoms with van der Waals surface area (Å²) in [4.78, 5) is 26.4. The Morgan fingerprint density at radius 1 is 1.38 bits per heavy atom. The fourth-order valence-electron chi connectivity index (χ4n) is 3.27. The van der Waals surface area contributed by atoms with Gasteiger partial charge in [0.25, 0.3) is 5.91 Å².